The highest BCUT2D eigenvalue weighted by Gasteiger charge is 2.41. The van der Waals surface area contributed by atoms with Crippen LogP contribution in [0.1, 0.15) is 53.9 Å². The molecule has 6 heteroatoms. The second-order valence-electron chi connectivity index (χ2n) is 8.45. The van der Waals surface area contributed by atoms with Crippen LogP contribution in [0.2, 0.25) is 0 Å². The molecule has 0 saturated carbocycles. The summed E-state index contributed by atoms with van der Waals surface area (Å²) in [7, 11) is 4.20. The van der Waals surface area contributed by atoms with Crippen molar-refractivity contribution in [3.05, 3.63) is 70.8 Å². The van der Waals surface area contributed by atoms with Gasteiger partial charge in [0.05, 0.1) is 5.60 Å². The van der Waals surface area contributed by atoms with Crippen molar-refractivity contribution in [2.75, 3.05) is 20.6 Å². The van der Waals surface area contributed by atoms with Crippen LogP contribution in [-0.2, 0) is 21.6 Å². The maximum absolute atomic E-state index is 12.0. The number of aliphatic hydroxyl groups is 1. The van der Waals surface area contributed by atoms with Crippen LogP contribution in [0.15, 0.2) is 48.5 Å². The lowest BCUT2D eigenvalue weighted by atomic mass is 9.73. The average Bonchev–Trinajstić information content (AvgIpc) is 2.86. The molecule has 2 aromatic carbocycles. The Kier molecular flexibility index (Phi) is 8.77. The number of aryl methyl sites for hydroxylation is 2. The zero-order chi connectivity index (χ0) is 23.0. The highest BCUT2D eigenvalue weighted by molar-refractivity contribution is 6.27. The molecule has 0 aliphatic heterocycles. The number of hydrogen-bond acceptors (Lipinski definition) is 4. The Hall–Kier alpha value is -2.70. The van der Waals surface area contributed by atoms with Gasteiger partial charge < -0.3 is 20.2 Å². The van der Waals surface area contributed by atoms with Crippen molar-refractivity contribution < 1.29 is 24.9 Å². The van der Waals surface area contributed by atoms with Crippen LogP contribution < -0.4 is 0 Å². The fourth-order valence-corrected chi connectivity index (χ4v) is 4.30. The van der Waals surface area contributed by atoms with E-state index in [-0.39, 0.29) is 5.92 Å². The van der Waals surface area contributed by atoms with Crippen molar-refractivity contribution in [1.82, 2.24) is 4.90 Å². The van der Waals surface area contributed by atoms with E-state index in [0.29, 0.717) is 0 Å². The molecule has 0 heterocycles. The Morgan fingerprint density at radius 3 is 2.23 bits per heavy atom. The molecule has 1 aliphatic carbocycles. The first kappa shape index (κ1) is 24.6. The Bertz CT molecular complexity index is 866. The number of aliphatic carboxylic acids is 2. The third-order valence-electron chi connectivity index (χ3n) is 5.83. The van der Waals surface area contributed by atoms with Gasteiger partial charge in [0.25, 0.3) is 0 Å². The number of rotatable bonds is 5. The first-order valence-corrected chi connectivity index (χ1v) is 10.6. The number of fused-ring (bicyclic) bond motifs is 1. The Morgan fingerprint density at radius 1 is 1.03 bits per heavy atom. The number of hydrogen-bond donors (Lipinski definition) is 3. The van der Waals surface area contributed by atoms with Gasteiger partial charge >= 0.3 is 11.9 Å². The molecule has 2 atom stereocenters. The number of benzene rings is 2. The summed E-state index contributed by atoms with van der Waals surface area (Å²) in [5.74, 6) is -3.48. The van der Waals surface area contributed by atoms with Crippen molar-refractivity contribution in [3.8, 4) is 0 Å². The normalized spacial score (nSPS) is 20.2. The maximum Gasteiger partial charge on any atom is 0.414 e. The summed E-state index contributed by atoms with van der Waals surface area (Å²) in [4.78, 5) is 20.4. The van der Waals surface area contributed by atoms with E-state index < -0.39 is 17.5 Å². The average molecular weight is 428 g/mol. The Labute approximate surface area is 184 Å². The van der Waals surface area contributed by atoms with Crippen LogP contribution in [0, 0.1) is 6.92 Å². The second-order valence-corrected chi connectivity index (χ2v) is 8.45. The quantitative estimate of drug-likeness (QED) is 0.496. The third kappa shape index (κ3) is 6.64. The molecule has 3 N–H and O–H groups in total. The van der Waals surface area contributed by atoms with E-state index in [4.69, 9.17) is 19.8 Å². The summed E-state index contributed by atoms with van der Waals surface area (Å²) in [6.07, 6.45) is 5.04. The van der Waals surface area contributed by atoms with E-state index in [1.165, 1.54) is 16.7 Å². The highest BCUT2D eigenvalue weighted by Crippen LogP contribution is 2.47. The standard InChI is InChI=1S/C23H31NO.C2H2O4/c1-18-12-14-20(15-13-18)22-11-6-9-19-8-4-5-10-21(19)23(22,25)16-7-17-24(2)3;3-1(4)2(5)6/h4-5,8,10,12-15,22,25H,6-7,9,11,16-17H2,1-3H3;(H,3,4)(H,5,6). The number of carbonyl (C=O) groups is 2. The fraction of sp³-hybridized carbons (Fsp3) is 0.440. The minimum Gasteiger partial charge on any atom is -0.473 e. The molecule has 3 rings (SSSR count). The lowest BCUT2D eigenvalue weighted by Gasteiger charge is -2.37. The van der Waals surface area contributed by atoms with Gasteiger partial charge in [0.15, 0.2) is 0 Å². The van der Waals surface area contributed by atoms with Gasteiger partial charge in [-0.05, 0) is 76.4 Å². The van der Waals surface area contributed by atoms with Crippen molar-refractivity contribution in [2.45, 2.75) is 50.5 Å². The summed E-state index contributed by atoms with van der Waals surface area (Å²) < 4.78 is 0. The van der Waals surface area contributed by atoms with Crippen molar-refractivity contribution in [2.24, 2.45) is 0 Å². The molecular weight excluding hydrogens is 394 g/mol. The molecule has 0 bridgehead atoms. The molecule has 2 aromatic rings. The summed E-state index contributed by atoms with van der Waals surface area (Å²) in [5, 5.41) is 26.8. The SMILES string of the molecule is Cc1ccc(C2CCCc3ccccc3C2(O)CCCN(C)C)cc1.O=C(O)C(=O)O. The molecule has 2 unspecified atom stereocenters. The molecule has 31 heavy (non-hydrogen) atoms. The minimum absolute atomic E-state index is 0.166. The number of carboxylic acid groups (broad SMARTS) is 2. The summed E-state index contributed by atoms with van der Waals surface area (Å²) >= 11 is 0. The van der Waals surface area contributed by atoms with Crippen LogP contribution in [0.5, 0.6) is 0 Å². The molecule has 6 nitrogen and oxygen atoms in total. The topological polar surface area (TPSA) is 98.1 Å². The summed E-state index contributed by atoms with van der Waals surface area (Å²) in [5.41, 5.74) is 4.24. The fourth-order valence-electron chi connectivity index (χ4n) is 4.30. The lowest BCUT2D eigenvalue weighted by molar-refractivity contribution is -0.159. The Balaban J connectivity index is 0.000000501. The van der Waals surface area contributed by atoms with Crippen molar-refractivity contribution >= 4 is 11.9 Å². The first-order chi connectivity index (χ1) is 14.6. The van der Waals surface area contributed by atoms with E-state index >= 15 is 0 Å². The van der Waals surface area contributed by atoms with Gasteiger partial charge in [-0.15, -0.1) is 0 Å². The van der Waals surface area contributed by atoms with E-state index in [1.54, 1.807) is 0 Å². The molecule has 0 saturated heterocycles. The molecule has 0 spiro atoms. The van der Waals surface area contributed by atoms with Gasteiger partial charge in [0.2, 0.25) is 0 Å². The molecule has 0 amide bonds. The first-order valence-electron chi connectivity index (χ1n) is 10.6. The van der Waals surface area contributed by atoms with Gasteiger partial charge in [0, 0.05) is 5.92 Å². The van der Waals surface area contributed by atoms with Crippen LogP contribution in [0.3, 0.4) is 0 Å². The van der Waals surface area contributed by atoms with Gasteiger partial charge in [-0.1, -0.05) is 54.1 Å². The van der Waals surface area contributed by atoms with Crippen LogP contribution in [-0.4, -0.2) is 52.8 Å². The van der Waals surface area contributed by atoms with Crippen LogP contribution in [0.4, 0.5) is 0 Å². The van der Waals surface area contributed by atoms with E-state index in [1.807, 2.05) is 0 Å². The largest absolute Gasteiger partial charge is 0.473 e. The molecule has 168 valence electrons. The van der Waals surface area contributed by atoms with Crippen LogP contribution >= 0.6 is 0 Å². The van der Waals surface area contributed by atoms with Gasteiger partial charge in [-0.25, -0.2) is 9.59 Å². The van der Waals surface area contributed by atoms with Crippen molar-refractivity contribution in [1.29, 1.82) is 0 Å². The monoisotopic (exact) mass is 427 g/mol. The van der Waals surface area contributed by atoms with Crippen LogP contribution in [0.25, 0.3) is 0 Å². The van der Waals surface area contributed by atoms with Gasteiger partial charge in [0.1, 0.15) is 0 Å². The smallest absolute Gasteiger partial charge is 0.414 e. The lowest BCUT2D eigenvalue weighted by Crippen LogP contribution is -2.34. The predicted octanol–water partition coefficient (Wildman–Crippen LogP) is 3.80. The predicted molar refractivity (Wildman–Crippen MR) is 120 cm³/mol. The zero-order valence-corrected chi connectivity index (χ0v) is 18.5. The Morgan fingerprint density at radius 2 is 1.65 bits per heavy atom. The van der Waals surface area contributed by atoms with E-state index in [9.17, 15) is 5.11 Å². The van der Waals surface area contributed by atoms with E-state index in [0.717, 1.165) is 44.2 Å². The maximum atomic E-state index is 12.0. The summed E-state index contributed by atoms with van der Waals surface area (Å²) in [6, 6.07) is 17.3. The highest BCUT2D eigenvalue weighted by atomic mass is 16.4. The van der Waals surface area contributed by atoms with E-state index in [2.05, 4.69) is 74.4 Å². The minimum atomic E-state index is -1.82. The van der Waals surface area contributed by atoms with Gasteiger partial charge in [-0.2, -0.15) is 0 Å². The number of carboxylic acids is 2. The molecule has 1 aliphatic rings. The zero-order valence-electron chi connectivity index (χ0n) is 18.5. The second kappa shape index (κ2) is 11.1. The molecule has 0 aromatic heterocycles. The number of nitrogens with zero attached hydrogens (tertiary/aromatic N) is 1. The third-order valence-corrected chi connectivity index (χ3v) is 5.83. The molecular formula is C25H33NO5. The van der Waals surface area contributed by atoms with Gasteiger partial charge in [-0.3, -0.25) is 0 Å². The molecule has 0 radical (unpaired) electrons. The van der Waals surface area contributed by atoms with Crippen molar-refractivity contribution in [3.63, 3.8) is 0 Å². The molecule has 0 fully saturated rings. The summed E-state index contributed by atoms with van der Waals surface area (Å²) in [6.45, 7) is 3.13.